The van der Waals surface area contributed by atoms with Crippen molar-refractivity contribution in [2.75, 3.05) is 26.2 Å². The summed E-state index contributed by atoms with van der Waals surface area (Å²) in [4.78, 5) is 18.3. The van der Waals surface area contributed by atoms with Crippen LogP contribution in [0.2, 0.25) is 0 Å². The molecule has 0 aromatic carbocycles. The average Bonchev–Trinajstić information content (AvgIpc) is 3.24. The third-order valence-corrected chi connectivity index (χ3v) is 6.71. The van der Waals surface area contributed by atoms with Crippen LogP contribution in [0.3, 0.4) is 0 Å². The quantitative estimate of drug-likeness (QED) is 0.849. The first-order chi connectivity index (χ1) is 11.2. The third-order valence-electron chi connectivity index (χ3n) is 5.85. The number of rotatable bonds is 4. The smallest absolute Gasteiger partial charge is 0.248 e. The van der Waals surface area contributed by atoms with Gasteiger partial charge in [-0.15, -0.1) is 11.3 Å². The number of hydrogen-bond donors (Lipinski definition) is 0. The van der Waals surface area contributed by atoms with Crippen molar-refractivity contribution in [3.8, 4) is 0 Å². The minimum atomic E-state index is -0.116. The average molecular weight is 334 g/mol. The van der Waals surface area contributed by atoms with Gasteiger partial charge in [-0.3, -0.25) is 9.69 Å². The van der Waals surface area contributed by atoms with Crippen molar-refractivity contribution in [2.24, 2.45) is 5.92 Å². The van der Waals surface area contributed by atoms with Crippen LogP contribution in [0.5, 0.6) is 0 Å². The third kappa shape index (κ3) is 3.19. The number of nitrogens with zero attached hydrogens (tertiary/aromatic N) is 2. The van der Waals surface area contributed by atoms with Crippen molar-refractivity contribution >= 4 is 17.2 Å². The largest absolute Gasteiger partial charge is 0.363 e. The van der Waals surface area contributed by atoms with Crippen LogP contribution in [0, 0.1) is 5.92 Å². The van der Waals surface area contributed by atoms with Gasteiger partial charge in [-0.05, 0) is 50.0 Å². The number of carbonyl (C=O) groups is 1. The maximum Gasteiger partial charge on any atom is 0.248 e. The number of amides is 1. The lowest BCUT2D eigenvalue weighted by Crippen LogP contribution is -2.64. The molecule has 1 aromatic heterocycles. The molecule has 3 fully saturated rings. The summed E-state index contributed by atoms with van der Waals surface area (Å²) in [6.45, 7) is 6.61. The number of morpholine rings is 1. The van der Waals surface area contributed by atoms with E-state index in [9.17, 15) is 4.79 Å². The molecule has 126 valence electrons. The summed E-state index contributed by atoms with van der Waals surface area (Å²) in [7, 11) is 0. The van der Waals surface area contributed by atoms with E-state index in [0.717, 1.165) is 44.9 Å². The van der Waals surface area contributed by atoms with E-state index >= 15 is 0 Å². The van der Waals surface area contributed by atoms with Crippen molar-refractivity contribution in [2.45, 2.75) is 50.8 Å². The number of piperidine rings is 1. The highest BCUT2D eigenvalue weighted by Gasteiger charge is 2.48. The molecule has 4 rings (SSSR count). The number of hydrogen-bond acceptors (Lipinski definition) is 4. The monoisotopic (exact) mass is 334 g/mol. The van der Waals surface area contributed by atoms with Crippen molar-refractivity contribution in [1.29, 1.82) is 0 Å². The molecule has 0 radical (unpaired) electrons. The molecule has 1 amide bonds. The Morgan fingerprint density at radius 1 is 1.35 bits per heavy atom. The fourth-order valence-electron chi connectivity index (χ4n) is 4.02. The van der Waals surface area contributed by atoms with Gasteiger partial charge in [-0.25, -0.2) is 0 Å². The van der Waals surface area contributed by atoms with Gasteiger partial charge in [-0.2, -0.15) is 0 Å². The Balaban J connectivity index is 1.39. The van der Waals surface area contributed by atoms with Gasteiger partial charge in [0.15, 0.2) is 0 Å². The van der Waals surface area contributed by atoms with Crippen LogP contribution in [0.25, 0.3) is 0 Å². The molecule has 1 aromatic rings. The van der Waals surface area contributed by atoms with Crippen molar-refractivity contribution in [3.63, 3.8) is 0 Å². The lowest BCUT2D eigenvalue weighted by molar-refractivity contribution is -0.187. The maximum atomic E-state index is 12.3. The summed E-state index contributed by atoms with van der Waals surface area (Å²) >= 11 is 1.83. The Morgan fingerprint density at radius 3 is 2.78 bits per heavy atom. The van der Waals surface area contributed by atoms with E-state index in [0.29, 0.717) is 0 Å². The van der Waals surface area contributed by atoms with Crippen molar-refractivity contribution in [1.82, 2.24) is 9.80 Å². The van der Waals surface area contributed by atoms with Gasteiger partial charge in [0.2, 0.25) is 5.91 Å². The molecule has 1 saturated carbocycles. The molecule has 5 heteroatoms. The van der Waals surface area contributed by atoms with Gasteiger partial charge >= 0.3 is 0 Å². The normalized spacial score (nSPS) is 28.5. The second-order valence-electron chi connectivity index (χ2n) is 7.37. The predicted octanol–water partition coefficient (Wildman–Crippen LogP) is 2.74. The first-order valence-corrected chi connectivity index (χ1v) is 9.72. The Labute approximate surface area is 142 Å². The van der Waals surface area contributed by atoms with Gasteiger partial charge in [0.05, 0.1) is 11.6 Å². The highest BCUT2D eigenvalue weighted by atomic mass is 32.1. The standard InChI is InChI=1S/C18H26N2O2S/c1-14-18(22-13-17(21)20(14)11-15-4-5-15)6-8-19(9-7-18)12-16-3-2-10-23-16/h2-3,10,14-15H,4-9,11-13H2,1H3. The fraction of sp³-hybridized carbons (Fsp3) is 0.722. The number of ether oxygens (including phenoxy) is 1. The topological polar surface area (TPSA) is 32.8 Å². The number of carbonyl (C=O) groups excluding carboxylic acids is 1. The zero-order chi connectivity index (χ0) is 15.9. The molecule has 23 heavy (non-hydrogen) atoms. The molecule has 1 aliphatic carbocycles. The fourth-order valence-corrected chi connectivity index (χ4v) is 4.77. The molecule has 1 atom stereocenters. The molecule has 1 spiro atoms. The minimum Gasteiger partial charge on any atom is -0.363 e. The molecular formula is C18H26N2O2S. The van der Waals surface area contributed by atoms with E-state index in [1.807, 2.05) is 11.3 Å². The van der Waals surface area contributed by atoms with E-state index in [1.54, 1.807) is 0 Å². The first kappa shape index (κ1) is 15.6. The lowest BCUT2D eigenvalue weighted by Gasteiger charge is -2.51. The Hall–Kier alpha value is -0.910. The van der Waals surface area contributed by atoms with E-state index in [1.165, 1.54) is 17.7 Å². The van der Waals surface area contributed by atoms with Crippen LogP contribution in [-0.4, -0.2) is 53.6 Å². The summed E-state index contributed by atoms with van der Waals surface area (Å²) in [5.41, 5.74) is -0.116. The highest BCUT2D eigenvalue weighted by Crippen LogP contribution is 2.38. The van der Waals surface area contributed by atoms with Gasteiger partial charge in [0, 0.05) is 31.1 Å². The molecule has 3 aliphatic rings. The second-order valence-corrected chi connectivity index (χ2v) is 8.41. The van der Waals surface area contributed by atoms with E-state index in [2.05, 4.69) is 34.2 Å². The zero-order valence-corrected chi connectivity index (χ0v) is 14.7. The van der Waals surface area contributed by atoms with Crippen molar-refractivity contribution in [3.05, 3.63) is 22.4 Å². The van der Waals surface area contributed by atoms with E-state index in [-0.39, 0.29) is 24.2 Å². The zero-order valence-electron chi connectivity index (χ0n) is 13.9. The number of thiophene rings is 1. The Morgan fingerprint density at radius 2 is 2.13 bits per heavy atom. The van der Waals surface area contributed by atoms with Crippen LogP contribution in [-0.2, 0) is 16.1 Å². The van der Waals surface area contributed by atoms with Gasteiger partial charge in [-0.1, -0.05) is 6.07 Å². The SMILES string of the molecule is CC1N(CC2CC2)C(=O)COC12CCN(Cc1cccs1)CC2. The summed E-state index contributed by atoms with van der Waals surface area (Å²) in [5, 5.41) is 2.15. The molecule has 0 N–H and O–H groups in total. The first-order valence-electron chi connectivity index (χ1n) is 8.84. The van der Waals surface area contributed by atoms with E-state index in [4.69, 9.17) is 4.74 Å². The molecule has 1 unspecified atom stereocenters. The van der Waals surface area contributed by atoms with E-state index < -0.39 is 0 Å². The van der Waals surface area contributed by atoms with Crippen LogP contribution >= 0.6 is 11.3 Å². The van der Waals surface area contributed by atoms with Crippen LogP contribution < -0.4 is 0 Å². The van der Waals surface area contributed by atoms with Gasteiger partial charge < -0.3 is 9.64 Å². The van der Waals surface area contributed by atoms with Crippen molar-refractivity contribution < 1.29 is 9.53 Å². The van der Waals surface area contributed by atoms with Crippen LogP contribution in [0.4, 0.5) is 0 Å². The molecule has 2 saturated heterocycles. The van der Waals surface area contributed by atoms with Crippen LogP contribution in [0.1, 0.15) is 37.5 Å². The second kappa shape index (κ2) is 6.19. The Kier molecular flexibility index (Phi) is 4.20. The summed E-state index contributed by atoms with van der Waals surface area (Å²) in [5.74, 6) is 0.937. The molecule has 4 nitrogen and oxygen atoms in total. The molecule has 0 bridgehead atoms. The Bertz CT molecular complexity index is 547. The van der Waals surface area contributed by atoms with Crippen LogP contribution in [0.15, 0.2) is 17.5 Å². The predicted molar refractivity (Wildman–Crippen MR) is 91.4 cm³/mol. The molecular weight excluding hydrogens is 308 g/mol. The highest BCUT2D eigenvalue weighted by molar-refractivity contribution is 7.09. The molecule has 2 aliphatic heterocycles. The van der Waals surface area contributed by atoms with Gasteiger partial charge in [0.25, 0.3) is 0 Å². The summed E-state index contributed by atoms with van der Waals surface area (Å²) in [6, 6.07) is 4.55. The minimum absolute atomic E-state index is 0.116. The van der Waals surface area contributed by atoms with Gasteiger partial charge in [0.1, 0.15) is 6.61 Å². The summed E-state index contributed by atoms with van der Waals surface area (Å²) < 4.78 is 6.13. The lowest BCUT2D eigenvalue weighted by atomic mass is 9.82. The summed E-state index contributed by atoms with van der Waals surface area (Å²) in [6.07, 6.45) is 4.65. The number of likely N-dealkylation sites (tertiary alicyclic amines) is 1. The molecule has 3 heterocycles. The maximum absolute atomic E-state index is 12.3.